The highest BCUT2D eigenvalue weighted by molar-refractivity contribution is 5.90. The third kappa shape index (κ3) is 4.84. The molecule has 0 radical (unpaired) electrons. The summed E-state index contributed by atoms with van der Waals surface area (Å²) < 4.78 is 0. The summed E-state index contributed by atoms with van der Waals surface area (Å²) in [6, 6.07) is 8.97. The van der Waals surface area contributed by atoms with Crippen molar-refractivity contribution in [1.82, 2.24) is 5.32 Å². The Morgan fingerprint density at radius 2 is 2.00 bits per heavy atom. The van der Waals surface area contributed by atoms with Crippen molar-refractivity contribution >= 4 is 11.7 Å². The topological polar surface area (TPSA) is 41.1 Å². The van der Waals surface area contributed by atoms with E-state index >= 15 is 0 Å². The van der Waals surface area contributed by atoms with Crippen LogP contribution in [0.3, 0.4) is 0 Å². The van der Waals surface area contributed by atoms with Gasteiger partial charge in [0.25, 0.3) is 0 Å². The molecule has 0 bridgehead atoms. The van der Waals surface area contributed by atoms with Crippen LogP contribution in [0.1, 0.15) is 6.92 Å². The molecule has 2 N–H and O–H groups in total. The van der Waals surface area contributed by atoms with Crippen molar-refractivity contribution in [3.05, 3.63) is 66.9 Å². The van der Waals surface area contributed by atoms with Crippen LogP contribution in [0.5, 0.6) is 0 Å². The molecule has 1 aromatic rings. The first-order chi connectivity index (χ1) is 8.26. The van der Waals surface area contributed by atoms with Crippen LogP contribution in [-0.2, 0) is 0 Å². The molecule has 0 aliphatic carbocycles. The molecular formula is C14H16N2O. The van der Waals surface area contributed by atoms with Gasteiger partial charge in [-0.15, -0.1) is 0 Å². The number of allylic oxidation sites excluding steroid dienone is 4. The molecule has 0 aliphatic heterocycles. The van der Waals surface area contributed by atoms with Crippen LogP contribution in [0, 0.1) is 0 Å². The maximum atomic E-state index is 11.6. The number of hydrogen-bond donors (Lipinski definition) is 2. The Balaban J connectivity index is 2.57. The van der Waals surface area contributed by atoms with Crippen LogP contribution in [0.4, 0.5) is 10.5 Å². The second kappa shape index (κ2) is 7.06. The molecule has 0 unspecified atom stereocenters. The second-order valence-corrected chi connectivity index (χ2v) is 3.30. The summed E-state index contributed by atoms with van der Waals surface area (Å²) >= 11 is 0. The molecule has 1 rings (SSSR count). The van der Waals surface area contributed by atoms with Crippen LogP contribution in [0.2, 0.25) is 0 Å². The zero-order chi connectivity index (χ0) is 12.5. The van der Waals surface area contributed by atoms with E-state index in [4.69, 9.17) is 0 Å². The summed E-state index contributed by atoms with van der Waals surface area (Å²) in [5, 5.41) is 5.41. The van der Waals surface area contributed by atoms with E-state index < -0.39 is 0 Å². The lowest BCUT2D eigenvalue weighted by Gasteiger charge is -2.07. The van der Waals surface area contributed by atoms with Gasteiger partial charge in [0, 0.05) is 11.4 Å². The highest BCUT2D eigenvalue weighted by atomic mass is 16.2. The summed E-state index contributed by atoms with van der Waals surface area (Å²) in [5.41, 5.74) is 1.40. The maximum Gasteiger partial charge on any atom is 0.323 e. The fourth-order valence-electron chi connectivity index (χ4n) is 1.18. The van der Waals surface area contributed by atoms with Gasteiger partial charge in [0.05, 0.1) is 0 Å². The molecule has 0 heterocycles. The average Bonchev–Trinajstić information content (AvgIpc) is 2.35. The van der Waals surface area contributed by atoms with Gasteiger partial charge in [-0.05, 0) is 31.2 Å². The number of carbonyl (C=O) groups is 1. The maximum absolute atomic E-state index is 11.6. The molecular weight excluding hydrogens is 212 g/mol. The van der Waals surface area contributed by atoms with Crippen molar-refractivity contribution in [2.45, 2.75) is 6.92 Å². The number of rotatable bonds is 4. The van der Waals surface area contributed by atoms with E-state index in [-0.39, 0.29) is 6.03 Å². The van der Waals surface area contributed by atoms with E-state index in [2.05, 4.69) is 17.2 Å². The standard InChI is InChI=1S/C14H16N2O/c1-3-5-9-12(4-2)15-14(17)16-13-10-7-6-8-11-13/h3-11H,2H2,1H3,(H2,15,16,17)/b5-3-,12-9+. The fourth-order valence-corrected chi connectivity index (χ4v) is 1.18. The summed E-state index contributed by atoms with van der Waals surface area (Å²) in [6.45, 7) is 5.53. The van der Waals surface area contributed by atoms with Crippen LogP contribution >= 0.6 is 0 Å². The van der Waals surface area contributed by atoms with Gasteiger partial charge in [-0.2, -0.15) is 0 Å². The molecule has 0 atom stereocenters. The molecule has 0 saturated heterocycles. The Kier molecular flexibility index (Phi) is 5.31. The molecule has 0 saturated carbocycles. The van der Waals surface area contributed by atoms with Crippen molar-refractivity contribution in [2.75, 3.05) is 5.32 Å². The number of anilines is 1. The first-order valence-corrected chi connectivity index (χ1v) is 5.34. The molecule has 0 fully saturated rings. The second-order valence-electron chi connectivity index (χ2n) is 3.30. The molecule has 0 aromatic heterocycles. The van der Waals surface area contributed by atoms with Gasteiger partial charge in [0.1, 0.15) is 0 Å². The highest BCUT2D eigenvalue weighted by Crippen LogP contribution is 2.04. The molecule has 1 aromatic carbocycles. The third-order valence-electron chi connectivity index (χ3n) is 1.98. The van der Waals surface area contributed by atoms with Crippen molar-refractivity contribution in [1.29, 1.82) is 0 Å². The lowest BCUT2D eigenvalue weighted by atomic mass is 10.3. The molecule has 2 amide bonds. The van der Waals surface area contributed by atoms with E-state index in [1.807, 2.05) is 49.4 Å². The number of nitrogens with one attached hydrogen (secondary N) is 2. The Labute approximate surface area is 102 Å². The Hall–Kier alpha value is -2.29. The molecule has 3 heteroatoms. The number of para-hydroxylation sites is 1. The number of carbonyl (C=O) groups excluding carboxylic acids is 1. The zero-order valence-electron chi connectivity index (χ0n) is 9.81. The summed E-state index contributed by atoms with van der Waals surface area (Å²) in [7, 11) is 0. The van der Waals surface area contributed by atoms with Gasteiger partial charge < -0.3 is 10.6 Å². The SMILES string of the molecule is C=C/C(=C\C=C/C)NC(=O)Nc1ccccc1. The molecule has 0 aliphatic rings. The zero-order valence-corrected chi connectivity index (χ0v) is 9.81. The summed E-state index contributed by atoms with van der Waals surface area (Å²) in [5.74, 6) is 0. The van der Waals surface area contributed by atoms with Crippen molar-refractivity contribution in [3.8, 4) is 0 Å². The van der Waals surface area contributed by atoms with E-state index in [0.717, 1.165) is 5.69 Å². The minimum absolute atomic E-state index is 0.285. The third-order valence-corrected chi connectivity index (χ3v) is 1.98. The van der Waals surface area contributed by atoms with Gasteiger partial charge in [-0.1, -0.05) is 36.9 Å². The smallest absolute Gasteiger partial charge is 0.308 e. The Morgan fingerprint density at radius 3 is 2.59 bits per heavy atom. The fraction of sp³-hybridized carbons (Fsp3) is 0.0714. The quantitative estimate of drug-likeness (QED) is 0.761. The predicted molar refractivity (Wildman–Crippen MR) is 71.7 cm³/mol. The van der Waals surface area contributed by atoms with Crippen molar-refractivity contribution in [3.63, 3.8) is 0 Å². The lowest BCUT2D eigenvalue weighted by Crippen LogP contribution is -2.27. The van der Waals surface area contributed by atoms with Gasteiger partial charge in [-0.25, -0.2) is 4.79 Å². The number of hydrogen-bond acceptors (Lipinski definition) is 1. The summed E-state index contributed by atoms with van der Waals surface area (Å²) in [6.07, 6.45) is 7.07. The van der Waals surface area contributed by atoms with E-state index in [1.165, 1.54) is 0 Å². The monoisotopic (exact) mass is 228 g/mol. The predicted octanol–water partition coefficient (Wildman–Crippen LogP) is 3.45. The number of benzene rings is 1. The molecule has 17 heavy (non-hydrogen) atoms. The Bertz CT molecular complexity index is 433. The minimum atomic E-state index is -0.285. The molecule has 3 nitrogen and oxygen atoms in total. The van der Waals surface area contributed by atoms with Gasteiger partial charge in [0.2, 0.25) is 0 Å². The minimum Gasteiger partial charge on any atom is -0.308 e. The van der Waals surface area contributed by atoms with E-state index in [0.29, 0.717) is 5.70 Å². The van der Waals surface area contributed by atoms with Crippen molar-refractivity contribution < 1.29 is 4.79 Å². The van der Waals surface area contributed by atoms with Crippen LogP contribution < -0.4 is 10.6 Å². The largest absolute Gasteiger partial charge is 0.323 e. The number of urea groups is 1. The first-order valence-electron chi connectivity index (χ1n) is 5.34. The van der Waals surface area contributed by atoms with Gasteiger partial charge in [-0.3, -0.25) is 0 Å². The Morgan fingerprint density at radius 1 is 1.29 bits per heavy atom. The van der Waals surface area contributed by atoms with E-state index in [9.17, 15) is 4.79 Å². The average molecular weight is 228 g/mol. The first kappa shape index (κ1) is 12.8. The highest BCUT2D eigenvalue weighted by Gasteiger charge is 2.01. The molecule has 88 valence electrons. The van der Waals surface area contributed by atoms with Crippen LogP contribution in [0.15, 0.2) is 66.9 Å². The van der Waals surface area contributed by atoms with Crippen molar-refractivity contribution in [2.24, 2.45) is 0 Å². The lowest BCUT2D eigenvalue weighted by molar-refractivity contribution is 0.254. The normalized spacial score (nSPS) is 11.2. The van der Waals surface area contributed by atoms with E-state index in [1.54, 1.807) is 12.2 Å². The van der Waals surface area contributed by atoms with Crippen LogP contribution in [-0.4, -0.2) is 6.03 Å². The molecule has 0 spiro atoms. The van der Waals surface area contributed by atoms with Gasteiger partial charge in [0.15, 0.2) is 0 Å². The summed E-state index contributed by atoms with van der Waals surface area (Å²) in [4.78, 5) is 11.6. The number of amides is 2. The van der Waals surface area contributed by atoms with Gasteiger partial charge >= 0.3 is 6.03 Å². The van der Waals surface area contributed by atoms with Crippen LogP contribution in [0.25, 0.3) is 0 Å².